The summed E-state index contributed by atoms with van der Waals surface area (Å²) in [6.07, 6.45) is 5.78. The summed E-state index contributed by atoms with van der Waals surface area (Å²) in [5, 5.41) is 0. The van der Waals surface area contributed by atoms with E-state index >= 15 is 0 Å². The van der Waals surface area contributed by atoms with Gasteiger partial charge in [0.15, 0.2) is 0 Å². The Morgan fingerprint density at radius 1 is 1.22 bits per heavy atom. The van der Waals surface area contributed by atoms with Crippen LogP contribution in [0.5, 0.6) is 0 Å². The first-order chi connectivity index (χ1) is 8.38. The molecule has 0 unspecified atom stereocenters. The first-order valence-electron chi connectivity index (χ1n) is 6.10. The topological polar surface area (TPSA) is 0 Å². The van der Waals surface area contributed by atoms with Crippen LogP contribution < -0.4 is 0 Å². The van der Waals surface area contributed by atoms with Gasteiger partial charge in [-0.1, -0.05) is 44.4 Å². The molecule has 0 rings (SSSR count). The largest absolute Gasteiger partial charge is 0.207 e. The number of allylic oxidation sites excluding steroid dienone is 9. The van der Waals surface area contributed by atoms with Crippen LogP contribution in [0.25, 0.3) is 0 Å². The van der Waals surface area contributed by atoms with Crippen LogP contribution in [-0.2, 0) is 0 Å². The Hall–Kier alpha value is -1.63. The van der Waals surface area contributed by atoms with Crippen molar-refractivity contribution in [1.29, 1.82) is 0 Å². The lowest BCUT2D eigenvalue weighted by Crippen LogP contribution is -1.91. The fraction of sp³-hybridized carbons (Fsp3) is 0.294. The molecule has 0 atom stereocenters. The molecule has 0 radical (unpaired) electrons. The monoisotopic (exact) mass is 246 g/mol. The summed E-state index contributed by atoms with van der Waals surface area (Å²) in [6, 6.07) is 0. The molecule has 0 aromatic rings. The molecule has 0 aromatic carbocycles. The summed E-state index contributed by atoms with van der Waals surface area (Å²) in [5.41, 5.74) is 3.88. The van der Waals surface area contributed by atoms with E-state index in [1.807, 2.05) is 26.8 Å². The molecule has 0 saturated carbocycles. The summed E-state index contributed by atoms with van der Waals surface area (Å²) >= 11 is 0. The Bertz CT molecular complexity index is 442. The van der Waals surface area contributed by atoms with E-state index in [1.165, 1.54) is 6.08 Å². The lowest BCUT2D eigenvalue weighted by atomic mass is 9.97. The quantitative estimate of drug-likeness (QED) is 0.517. The predicted molar refractivity (Wildman–Crippen MR) is 80.1 cm³/mol. The maximum atomic E-state index is 14.2. The molecular formula is C17H23F. The zero-order chi connectivity index (χ0) is 14.3. The van der Waals surface area contributed by atoms with Crippen molar-refractivity contribution >= 4 is 0 Å². The fourth-order valence-corrected chi connectivity index (χ4v) is 1.58. The van der Waals surface area contributed by atoms with Gasteiger partial charge in [0, 0.05) is 0 Å². The highest BCUT2D eigenvalue weighted by Gasteiger charge is 2.07. The van der Waals surface area contributed by atoms with Crippen LogP contribution in [-0.4, -0.2) is 0 Å². The van der Waals surface area contributed by atoms with Gasteiger partial charge in [-0.3, -0.25) is 0 Å². The predicted octanol–water partition coefficient (Wildman–Crippen LogP) is 5.83. The smallest absolute Gasteiger partial charge is 0.127 e. The molecule has 98 valence electrons. The van der Waals surface area contributed by atoms with E-state index in [9.17, 15) is 4.39 Å². The zero-order valence-electron chi connectivity index (χ0n) is 11.9. The van der Waals surface area contributed by atoms with Crippen LogP contribution >= 0.6 is 0 Å². The summed E-state index contributed by atoms with van der Waals surface area (Å²) in [7, 11) is 0. The summed E-state index contributed by atoms with van der Waals surface area (Å²) in [4.78, 5) is 0. The van der Waals surface area contributed by atoms with E-state index in [0.29, 0.717) is 5.57 Å². The second-order valence-corrected chi connectivity index (χ2v) is 4.22. The van der Waals surface area contributed by atoms with Crippen LogP contribution in [0.15, 0.2) is 71.7 Å². The van der Waals surface area contributed by atoms with Crippen molar-refractivity contribution in [2.45, 2.75) is 34.1 Å². The van der Waals surface area contributed by atoms with E-state index in [1.54, 1.807) is 13.0 Å². The SMILES string of the molecule is C=CC(=C\C)/C(C)=C(F)/C=C(\C(=C)C)C(=C)CC. The first kappa shape index (κ1) is 16.4. The normalized spacial score (nSPS) is 14.1. The van der Waals surface area contributed by atoms with Crippen molar-refractivity contribution in [2.75, 3.05) is 0 Å². The molecule has 0 heterocycles. The van der Waals surface area contributed by atoms with Crippen LogP contribution in [0.2, 0.25) is 0 Å². The lowest BCUT2D eigenvalue weighted by molar-refractivity contribution is 0.655. The molecule has 0 spiro atoms. The van der Waals surface area contributed by atoms with Gasteiger partial charge in [0.1, 0.15) is 5.83 Å². The first-order valence-corrected chi connectivity index (χ1v) is 6.10. The Kier molecular flexibility index (Phi) is 6.96. The van der Waals surface area contributed by atoms with Gasteiger partial charge in [-0.2, -0.15) is 0 Å². The highest BCUT2D eigenvalue weighted by molar-refractivity contribution is 5.49. The molecule has 0 amide bonds. The van der Waals surface area contributed by atoms with E-state index < -0.39 is 0 Å². The van der Waals surface area contributed by atoms with Crippen molar-refractivity contribution in [3.63, 3.8) is 0 Å². The molecule has 0 aromatic heterocycles. The van der Waals surface area contributed by atoms with Crippen LogP contribution in [0.3, 0.4) is 0 Å². The molecule has 0 fully saturated rings. The van der Waals surface area contributed by atoms with E-state index in [0.717, 1.165) is 28.7 Å². The van der Waals surface area contributed by atoms with Gasteiger partial charge >= 0.3 is 0 Å². The van der Waals surface area contributed by atoms with Crippen LogP contribution in [0.1, 0.15) is 34.1 Å². The van der Waals surface area contributed by atoms with Gasteiger partial charge in [0.2, 0.25) is 0 Å². The second-order valence-electron chi connectivity index (χ2n) is 4.22. The van der Waals surface area contributed by atoms with Gasteiger partial charge < -0.3 is 0 Å². The minimum atomic E-state index is -0.268. The van der Waals surface area contributed by atoms with Crippen molar-refractivity contribution < 1.29 is 4.39 Å². The molecule has 0 aliphatic rings. The van der Waals surface area contributed by atoms with Crippen LogP contribution in [0, 0.1) is 0 Å². The highest BCUT2D eigenvalue weighted by Crippen LogP contribution is 2.25. The molecule has 0 N–H and O–H groups in total. The number of hydrogen-bond donors (Lipinski definition) is 0. The Morgan fingerprint density at radius 2 is 1.78 bits per heavy atom. The summed E-state index contributed by atoms with van der Waals surface area (Å²) in [5.74, 6) is -0.268. The molecule has 0 aliphatic heterocycles. The minimum Gasteiger partial charge on any atom is -0.207 e. The molecular weight excluding hydrogens is 223 g/mol. The Morgan fingerprint density at radius 3 is 2.11 bits per heavy atom. The fourth-order valence-electron chi connectivity index (χ4n) is 1.58. The third-order valence-electron chi connectivity index (χ3n) is 2.86. The number of halogens is 1. The molecule has 18 heavy (non-hydrogen) atoms. The third kappa shape index (κ3) is 4.33. The molecule has 0 saturated heterocycles. The third-order valence-corrected chi connectivity index (χ3v) is 2.86. The van der Waals surface area contributed by atoms with Gasteiger partial charge in [-0.05, 0) is 55.6 Å². The average molecular weight is 246 g/mol. The van der Waals surface area contributed by atoms with Gasteiger partial charge in [-0.25, -0.2) is 4.39 Å². The maximum Gasteiger partial charge on any atom is 0.127 e. The molecule has 0 nitrogen and oxygen atoms in total. The highest BCUT2D eigenvalue weighted by atomic mass is 19.1. The average Bonchev–Trinajstić information content (AvgIpc) is 2.35. The zero-order valence-corrected chi connectivity index (χ0v) is 11.9. The van der Waals surface area contributed by atoms with Crippen molar-refractivity contribution in [3.8, 4) is 0 Å². The van der Waals surface area contributed by atoms with Gasteiger partial charge in [0.25, 0.3) is 0 Å². The van der Waals surface area contributed by atoms with Crippen molar-refractivity contribution in [3.05, 3.63) is 71.7 Å². The van der Waals surface area contributed by atoms with E-state index in [4.69, 9.17) is 0 Å². The van der Waals surface area contributed by atoms with Gasteiger partial charge in [0.05, 0.1) is 0 Å². The lowest BCUT2D eigenvalue weighted by Gasteiger charge is -2.09. The minimum absolute atomic E-state index is 0.268. The van der Waals surface area contributed by atoms with Gasteiger partial charge in [-0.15, -0.1) is 0 Å². The Labute approximate surface area is 111 Å². The standard InChI is InChI=1S/C17H23F/c1-8-13(6)16(12(4)5)11-17(18)14(7)15(9-2)10-3/h9-11H,2,4,6,8H2,1,3,5,7H3/b15-10+,16-11+,17-14-. The Balaban J connectivity index is 5.62. The molecule has 0 aliphatic carbocycles. The summed E-state index contributed by atoms with van der Waals surface area (Å²) < 4.78 is 14.2. The number of hydrogen-bond acceptors (Lipinski definition) is 0. The van der Waals surface area contributed by atoms with E-state index in [-0.39, 0.29) is 5.83 Å². The van der Waals surface area contributed by atoms with Crippen molar-refractivity contribution in [1.82, 2.24) is 0 Å². The molecule has 0 bridgehead atoms. The van der Waals surface area contributed by atoms with E-state index in [2.05, 4.69) is 19.7 Å². The molecule has 1 heteroatoms. The van der Waals surface area contributed by atoms with Crippen molar-refractivity contribution in [2.24, 2.45) is 0 Å². The van der Waals surface area contributed by atoms with Crippen LogP contribution in [0.4, 0.5) is 4.39 Å². The number of rotatable bonds is 6. The maximum absolute atomic E-state index is 14.2. The summed E-state index contributed by atoms with van der Waals surface area (Å²) in [6.45, 7) is 18.9. The second kappa shape index (κ2) is 7.65.